The quantitative estimate of drug-likeness (QED) is 0.439. The average molecular weight is 383 g/mol. The maximum absolute atomic E-state index is 6.32. The number of rotatable bonds is 5. The highest BCUT2D eigenvalue weighted by atomic mass is 35.5. The number of halogens is 1. The van der Waals surface area contributed by atoms with Crippen molar-refractivity contribution in [2.75, 3.05) is 0 Å². The van der Waals surface area contributed by atoms with Crippen molar-refractivity contribution < 1.29 is 4.74 Å². The first-order valence-electron chi connectivity index (χ1n) is 9.35. The van der Waals surface area contributed by atoms with E-state index in [-0.39, 0.29) is 0 Å². The number of ether oxygens (including phenoxy) is 1. The van der Waals surface area contributed by atoms with Crippen molar-refractivity contribution >= 4 is 22.9 Å². The number of benzene rings is 2. The highest BCUT2D eigenvalue weighted by Crippen LogP contribution is 2.36. The SMILES string of the molecule is Clc1ccsc1-c1ccccc1COc1ccc(C2CCCCC2)cc1. The van der Waals surface area contributed by atoms with E-state index in [0.29, 0.717) is 6.61 Å². The lowest BCUT2D eigenvalue weighted by molar-refractivity contribution is 0.306. The summed E-state index contributed by atoms with van der Waals surface area (Å²) in [6.07, 6.45) is 6.78. The van der Waals surface area contributed by atoms with Gasteiger partial charge >= 0.3 is 0 Å². The Morgan fingerprint density at radius 3 is 2.42 bits per heavy atom. The molecule has 134 valence electrons. The number of hydrogen-bond acceptors (Lipinski definition) is 2. The maximum Gasteiger partial charge on any atom is 0.119 e. The molecule has 3 heteroatoms. The Hall–Kier alpha value is -1.77. The summed E-state index contributed by atoms with van der Waals surface area (Å²) in [5.74, 6) is 1.66. The second-order valence-electron chi connectivity index (χ2n) is 6.95. The molecule has 0 unspecified atom stereocenters. The molecular weight excluding hydrogens is 360 g/mol. The van der Waals surface area contributed by atoms with Gasteiger partial charge in [0.05, 0.1) is 9.90 Å². The zero-order chi connectivity index (χ0) is 17.8. The van der Waals surface area contributed by atoms with Gasteiger partial charge in [-0.1, -0.05) is 67.3 Å². The minimum atomic E-state index is 0.549. The molecule has 0 bridgehead atoms. The van der Waals surface area contributed by atoms with Crippen LogP contribution in [0.15, 0.2) is 60.0 Å². The van der Waals surface area contributed by atoms with Crippen molar-refractivity contribution in [3.8, 4) is 16.2 Å². The predicted molar refractivity (Wildman–Crippen MR) is 111 cm³/mol. The average Bonchev–Trinajstić information content (AvgIpc) is 3.13. The van der Waals surface area contributed by atoms with Gasteiger partial charge in [-0.25, -0.2) is 0 Å². The Morgan fingerprint density at radius 1 is 0.923 bits per heavy atom. The van der Waals surface area contributed by atoms with Crippen LogP contribution in [-0.4, -0.2) is 0 Å². The van der Waals surface area contributed by atoms with Crippen molar-refractivity contribution in [1.29, 1.82) is 0 Å². The predicted octanol–water partition coefficient (Wildman–Crippen LogP) is 7.70. The second-order valence-corrected chi connectivity index (χ2v) is 8.27. The van der Waals surface area contributed by atoms with E-state index in [0.717, 1.165) is 32.7 Å². The second kappa shape index (κ2) is 8.28. The third-order valence-corrected chi connectivity index (χ3v) is 6.60. The van der Waals surface area contributed by atoms with Crippen LogP contribution in [0.1, 0.15) is 49.1 Å². The van der Waals surface area contributed by atoms with Crippen molar-refractivity contribution in [1.82, 2.24) is 0 Å². The molecule has 3 aromatic rings. The van der Waals surface area contributed by atoms with Crippen molar-refractivity contribution in [2.24, 2.45) is 0 Å². The molecule has 1 fully saturated rings. The summed E-state index contributed by atoms with van der Waals surface area (Å²) in [5, 5.41) is 2.83. The summed E-state index contributed by atoms with van der Waals surface area (Å²) in [5.41, 5.74) is 3.78. The molecule has 1 nitrogen and oxygen atoms in total. The van der Waals surface area contributed by atoms with Crippen LogP contribution < -0.4 is 4.74 Å². The van der Waals surface area contributed by atoms with Crippen LogP contribution >= 0.6 is 22.9 Å². The molecule has 1 aromatic heterocycles. The maximum atomic E-state index is 6.32. The lowest BCUT2D eigenvalue weighted by atomic mass is 9.84. The van der Waals surface area contributed by atoms with Gasteiger partial charge in [-0.3, -0.25) is 0 Å². The van der Waals surface area contributed by atoms with Gasteiger partial charge in [-0.05, 0) is 59.0 Å². The van der Waals surface area contributed by atoms with Crippen LogP contribution in [0.3, 0.4) is 0 Å². The standard InChI is InChI=1S/C23H23ClOS/c24-22-14-15-26-23(22)21-9-5-4-8-19(21)16-25-20-12-10-18(11-13-20)17-6-2-1-3-7-17/h4-5,8-15,17H,1-3,6-7,16H2. The van der Waals surface area contributed by atoms with Gasteiger partial charge in [0.15, 0.2) is 0 Å². The fourth-order valence-corrected chi connectivity index (χ4v) is 5.01. The van der Waals surface area contributed by atoms with Gasteiger partial charge in [-0.15, -0.1) is 11.3 Å². The van der Waals surface area contributed by atoms with Crippen LogP contribution in [0.2, 0.25) is 5.02 Å². The monoisotopic (exact) mass is 382 g/mol. The van der Waals surface area contributed by atoms with E-state index in [4.69, 9.17) is 16.3 Å². The molecule has 2 aromatic carbocycles. The van der Waals surface area contributed by atoms with Gasteiger partial charge in [-0.2, -0.15) is 0 Å². The van der Waals surface area contributed by atoms with Gasteiger partial charge in [0.25, 0.3) is 0 Å². The van der Waals surface area contributed by atoms with Gasteiger partial charge in [0, 0.05) is 0 Å². The molecule has 0 spiro atoms. The summed E-state index contributed by atoms with van der Waals surface area (Å²) in [7, 11) is 0. The summed E-state index contributed by atoms with van der Waals surface area (Å²) in [6, 6.07) is 19.0. The lowest BCUT2D eigenvalue weighted by Gasteiger charge is -2.22. The summed E-state index contributed by atoms with van der Waals surface area (Å²) < 4.78 is 6.07. The van der Waals surface area contributed by atoms with Gasteiger partial charge in [0.2, 0.25) is 0 Å². The molecule has 0 atom stereocenters. The van der Waals surface area contributed by atoms with Crippen LogP contribution in [0.25, 0.3) is 10.4 Å². The fraction of sp³-hybridized carbons (Fsp3) is 0.304. The van der Waals surface area contributed by atoms with E-state index in [1.54, 1.807) is 11.3 Å². The molecule has 0 aliphatic heterocycles. The Labute approximate surface area is 164 Å². The molecule has 0 amide bonds. The molecule has 1 aliphatic rings. The zero-order valence-electron chi connectivity index (χ0n) is 14.8. The Balaban J connectivity index is 1.45. The Kier molecular flexibility index (Phi) is 5.62. The topological polar surface area (TPSA) is 9.23 Å². The molecule has 1 aliphatic carbocycles. The lowest BCUT2D eigenvalue weighted by Crippen LogP contribution is -2.04. The molecule has 0 radical (unpaired) electrons. The van der Waals surface area contributed by atoms with Gasteiger partial charge in [0.1, 0.15) is 12.4 Å². The molecule has 4 rings (SSSR count). The summed E-state index contributed by atoms with van der Waals surface area (Å²) >= 11 is 7.99. The van der Waals surface area contributed by atoms with Crippen LogP contribution in [0, 0.1) is 0 Å². The van der Waals surface area contributed by atoms with Crippen molar-refractivity contribution in [3.05, 3.63) is 76.1 Å². The summed E-state index contributed by atoms with van der Waals surface area (Å²) in [6.45, 7) is 0.549. The smallest absolute Gasteiger partial charge is 0.119 e. The van der Waals surface area contributed by atoms with Crippen LogP contribution in [0.4, 0.5) is 0 Å². The first-order valence-corrected chi connectivity index (χ1v) is 10.6. The first-order chi connectivity index (χ1) is 12.8. The third kappa shape index (κ3) is 3.97. The minimum Gasteiger partial charge on any atom is -0.489 e. The number of thiophene rings is 1. The van der Waals surface area contributed by atoms with E-state index in [2.05, 4.69) is 42.5 Å². The van der Waals surface area contributed by atoms with E-state index < -0.39 is 0 Å². The van der Waals surface area contributed by atoms with Crippen LogP contribution in [-0.2, 0) is 6.61 Å². The minimum absolute atomic E-state index is 0.549. The molecular formula is C23H23ClOS. The van der Waals surface area contributed by atoms with Crippen LogP contribution in [0.5, 0.6) is 5.75 Å². The summed E-state index contributed by atoms with van der Waals surface area (Å²) in [4.78, 5) is 1.11. The van der Waals surface area contributed by atoms with Gasteiger partial charge < -0.3 is 4.74 Å². The van der Waals surface area contributed by atoms with Crippen molar-refractivity contribution in [3.63, 3.8) is 0 Å². The first kappa shape index (κ1) is 17.6. The zero-order valence-corrected chi connectivity index (χ0v) is 16.4. The molecule has 1 saturated carbocycles. The fourth-order valence-electron chi connectivity index (χ4n) is 3.79. The third-order valence-electron chi connectivity index (χ3n) is 5.23. The Morgan fingerprint density at radius 2 is 1.69 bits per heavy atom. The molecule has 1 heterocycles. The molecule has 0 saturated heterocycles. The van der Waals surface area contributed by atoms with E-state index >= 15 is 0 Å². The van der Waals surface area contributed by atoms with E-state index in [1.807, 2.05) is 17.5 Å². The van der Waals surface area contributed by atoms with Crippen molar-refractivity contribution in [2.45, 2.75) is 44.6 Å². The highest BCUT2D eigenvalue weighted by Gasteiger charge is 2.15. The Bertz CT molecular complexity index is 847. The largest absolute Gasteiger partial charge is 0.489 e. The normalized spacial score (nSPS) is 15.1. The van der Waals surface area contributed by atoms with E-state index in [1.165, 1.54) is 37.7 Å². The van der Waals surface area contributed by atoms with E-state index in [9.17, 15) is 0 Å². The molecule has 0 N–H and O–H groups in total. The molecule has 26 heavy (non-hydrogen) atoms. The number of hydrogen-bond donors (Lipinski definition) is 0. The highest BCUT2D eigenvalue weighted by molar-refractivity contribution is 7.14.